The smallest absolute Gasteiger partial charge is 0.108 e. The zero-order valence-electron chi connectivity index (χ0n) is 9.38. The lowest BCUT2D eigenvalue weighted by Gasteiger charge is -2.44. The molecule has 14 heavy (non-hydrogen) atoms. The van der Waals surface area contributed by atoms with Crippen molar-refractivity contribution in [2.24, 2.45) is 17.2 Å². The summed E-state index contributed by atoms with van der Waals surface area (Å²) in [4.78, 5) is 0. The van der Waals surface area contributed by atoms with Crippen molar-refractivity contribution in [2.75, 3.05) is 13.1 Å². The van der Waals surface area contributed by atoms with Gasteiger partial charge in [0.1, 0.15) is 5.66 Å². The van der Waals surface area contributed by atoms with E-state index in [1.54, 1.807) is 0 Å². The van der Waals surface area contributed by atoms with Gasteiger partial charge in [-0.1, -0.05) is 6.92 Å². The van der Waals surface area contributed by atoms with Crippen LogP contribution in [-0.2, 0) is 0 Å². The fourth-order valence-corrected chi connectivity index (χ4v) is 1.29. The quantitative estimate of drug-likeness (QED) is 0.345. The fourth-order valence-electron chi connectivity index (χ4n) is 1.29. The predicted octanol–water partition coefficient (Wildman–Crippen LogP) is -1.30. The highest BCUT2D eigenvalue weighted by molar-refractivity contribution is 5.03. The second-order valence-electron chi connectivity index (χ2n) is 4.20. The van der Waals surface area contributed by atoms with Crippen molar-refractivity contribution in [1.82, 2.24) is 5.32 Å². The van der Waals surface area contributed by atoms with E-state index in [1.807, 2.05) is 20.8 Å². The van der Waals surface area contributed by atoms with Crippen molar-refractivity contribution >= 4 is 0 Å². The van der Waals surface area contributed by atoms with Crippen LogP contribution in [0.1, 0.15) is 27.2 Å². The van der Waals surface area contributed by atoms with E-state index in [-0.39, 0.29) is 0 Å². The third-order valence-electron chi connectivity index (χ3n) is 2.73. The Bertz CT molecular complexity index is 170. The van der Waals surface area contributed by atoms with E-state index in [2.05, 4.69) is 5.32 Å². The lowest BCUT2D eigenvalue weighted by molar-refractivity contribution is 0.0303. The molecule has 0 aromatic rings. The zero-order valence-corrected chi connectivity index (χ0v) is 9.38. The van der Waals surface area contributed by atoms with Crippen LogP contribution >= 0.6 is 0 Å². The number of nitrogens with two attached hydrogens (primary N) is 3. The molecule has 0 saturated heterocycles. The Morgan fingerprint density at radius 3 is 2.21 bits per heavy atom. The van der Waals surface area contributed by atoms with Crippen LogP contribution in [0, 0.1) is 0 Å². The molecule has 5 nitrogen and oxygen atoms in total. The van der Waals surface area contributed by atoms with Gasteiger partial charge in [0.05, 0.1) is 6.10 Å². The van der Waals surface area contributed by atoms with E-state index in [0.717, 1.165) is 0 Å². The van der Waals surface area contributed by atoms with Crippen LogP contribution < -0.4 is 22.5 Å². The van der Waals surface area contributed by atoms with E-state index in [0.29, 0.717) is 19.5 Å². The maximum absolute atomic E-state index is 9.70. The Morgan fingerprint density at radius 1 is 1.36 bits per heavy atom. The van der Waals surface area contributed by atoms with E-state index in [9.17, 15) is 5.11 Å². The molecule has 1 unspecified atom stereocenters. The summed E-state index contributed by atoms with van der Waals surface area (Å²) in [7, 11) is 0. The molecular weight excluding hydrogens is 180 g/mol. The van der Waals surface area contributed by atoms with Gasteiger partial charge < -0.3 is 27.6 Å². The van der Waals surface area contributed by atoms with Gasteiger partial charge in [-0.2, -0.15) is 0 Å². The van der Waals surface area contributed by atoms with E-state index in [4.69, 9.17) is 17.2 Å². The summed E-state index contributed by atoms with van der Waals surface area (Å²) >= 11 is 0. The molecule has 0 aromatic carbocycles. The van der Waals surface area contributed by atoms with Gasteiger partial charge in [0.15, 0.2) is 0 Å². The van der Waals surface area contributed by atoms with Crippen molar-refractivity contribution in [1.29, 1.82) is 0 Å². The van der Waals surface area contributed by atoms with Gasteiger partial charge in [-0.05, 0) is 20.3 Å². The molecule has 86 valence electrons. The molecule has 0 radical (unpaired) electrons. The number of hydrogen-bond acceptors (Lipinski definition) is 5. The van der Waals surface area contributed by atoms with Crippen molar-refractivity contribution in [2.45, 2.75) is 44.5 Å². The first-order valence-corrected chi connectivity index (χ1v) is 5.00. The number of hydrogen-bond donors (Lipinski definition) is 5. The highest BCUT2D eigenvalue weighted by atomic mass is 16.3. The van der Waals surface area contributed by atoms with Gasteiger partial charge in [0, 0.05) is 18.6 Å². The maximum atomic E-state index is 9.70. The standard InChI is InChI=1S/C9H24N4O/c1-4-7(14)9(11,12)8(2,3)13-6-5-10/h7,13-14H,4-6,10-12H2,1-3H3. The molecule has 8 N–H and O–H groups in total. The second kappa shape index (κ2) is 5.04. The van der Waals surface area contributed by atoms with Crippen LogP contribution in [0.2, 0.25) is 0 Å². The molecule has 0 aromatic heterocycles. The minimum atomic E-state index is -1.16. The largest absolute Gasteiger partial charge is 0.390 e. The Labute approximate surface area is 86.0 Å². The molecule has 0 aliphatic heterocycles. The van der Waals surface area contributed by atoms with Crippen LogP contribution in [-0.4, -0.2) is 35.5 Å². The third-order valence-corrected chi connectivity index (χ3v) is 2.73. The van der Waals surface area contributed by atoms with Gasteiger partial charge >= 0.3 is 0 Å². The van der Waals surface area contributed by atoms with Gasteiger partial charge in [-0.3, -0.25) is 0 Å². The van der Waals surface area contributed by atoms with Gasteiger partial charge in [0.2, 0.25) is 0 Å². The van der Waals surface area contributed by atoms with Crippen molar-refractivity contribution in [3.05, 3.63) is 0 Å². The first kappa shape index (κ1) is 13.8. The minimum absolute atomic E-state index is 0.516. The summed E-state index contributed by atoms with van der Waals surface area (Å²) < 4.78 is 0. The lowest BCUT2D eigenvalue weighted by Crippen LogP contribution is -2.75. The molecule has 5 heteroatoms. The molecule has 0 aliphatic rings. The van der Waals surface area contributed by atoms with Gasteiger partial charge in [-0.25, -0.2) is 0 Å². The molecule has 0 spiro atoms. The fraction of sp³-hybridized carbons (Fsp3) is 1.00. The summed E-state index contributed by atoms with van der Waals surface area (Å²) in [5, 5.41) is 12.8. The van der Waals surface area contributed by atoms with Crippen LogP contribution in [0.5, 0.6) is 0 Å². The first-order chi connectivity index (χ1) is 6.29. The molecule has 0 saturated carbocycles. The molecule has 0 bridgehead atoms. The maximum Gasteiger partial charge on any atom is 0.108 e. The first-order valence-electron chi connectivity index (χ1n) is 5.00. The third kappa shape index (κ3) is 2.90. The van der Waals surface area contributed by atoms with Gasteiger partial charge in [-0.15, -0.1) is 0 Å². The monoisotopic (exact) mass is 204 g/mol. The molecule has 0 heterocycles. The van der Waals surface area contributed by atoms with Crippen molar-refractivity contribution < 1.29 is 5.11 Å². The van der Waals surface area contributed by atoms with Gasteiger partial charge in [0.25, 0.3) is 0 Å². The molecule has 0 amide bonds. The molecule has 0 fully saturated rings. The second-order valence-corrected chi connectivity index (χ2v) is 4.20. The van der Waals surface area contributed by atoms with E-state index >= 15 is 0 Å². The Kier molecular flexibility index (Phi) is 4.97. The van der Waals surface area contributed by atoms with Crippen molar-refractivity contribution in [3.63, 3.8) is 0 Å². The summed E-state index contributed by atoms with van der Waals surface area (Å²) in [6.07, 6.45) is -0.205. The van der Waals surface area contributed by atoms with E-state index < -0.39 is 17.3 Å². The Morgan fingerprint density at radius 2 is 1.86 bits per heavy atom. The van der Waals surface area contributed by atoms with E-state index in [1.165, 1.54) is 0 Å². The Balaban J connectivity index is 4.51. The number of nitrogens with one attached hydrogen (secondary N) is 1. The van der Waals surface area contributed by atoms with Crippen LogP contribution in [0.4, 0.5) is 0 Å². The predicted molar refractivity (Wildman–Crippen MR) is 58.5 cm³/mol. The number of aliphatic hydroxyl groups excluding tert-OH is 1. The average Bonchev–Trinajstić information content (AvgIpc) is 2.13. The number of aliphatic hydroxyl groups is 1. The molecule has 0 aliphatic carbocycles. The molecular formula is C9H24N4O. The van der Waals surface area contributed by atoms with Crippen molar-refractivity contribution in [3.8, 4) is 0 Å². The lowest BCUT2D eigenvalue weighted by atomic mass is 9.83. The summed E-state index contributed by atoms with van der Waals surface area (Å²) in [6.45, 7) is 6.71. The highest BCUT2D eigenvalue weighted by Crippen LogP contribution is 2.19. The summed E-state index contributed by atoms with van der Waals surface area (Å²) in [5.74, 6) is 0. The number of rotatable bonds is 6. The SMILES string of the molecule is CCC(O)C(N)(N)C(C)(C)NCCN. The van der Waals surface area contributed by atoms with Crippen LogP contribution in [0.15, 0.2) is 0 Å². The minimum Gasteiger partial charge on any atom is -0.390 e. The van der Waals surface area contributed by atoms with Crippen LogP contribution in [0.3, 0.4) is 0 Å². The normalized spacial score (nSPS) is 15.6. The van der Waals surface area contributed by atoms with Crippen LogP contribution in [0.25, 0.3) is 0 Å². The zero-order chi connectivity index (χ0) is 11.4. The molecule has 0 rings (SSSR count). The average molecular weight is 204 g/mol. The molecule has 1 atom stereocenters. The topological polar surface area (TPSA) is 110 Å². The summed E-state index contributed by atoms with van der Waals surface area (Å²) in [6, 6.07) is 0. The summed E-state index contributed by atoms with van der Waals surface area (Å²) in [5.41, 5.74) is 15.5. The highest BCUT2D eigenvalue weighted by Gasteiger charge is 2.42. The Hall–Kier alpha value is -0.200.